The van der Waals surface area contributed by atoms with Crippen LogP contribution in [0.2, 0.25) is 0 Å². The smallest absolute Gasteiger partial charge is 0.328 e. The molecule has 86 valence electrons. The molecule has 2 rings (SSSR count). The van der Waals surface area contributed by atoms with E-state index in [1.54, 1.807) is 4.68 Å². The number of carboxylic acids is 1. The van der Waals surface area contributed by atoms with E-state index in [2.05, 4.69) is 15.5 Å². The first-order chi connectivity index (χ1) is 7.77. The highest BCUT2D eigenvalue weighted by molar-refractivity contribution is 8.02. The minimum absolute atomic E-state index is 0.371. The molecule has 0 aliphatic heterocycles. The summed E-state index contributed by atoms with van der Waals surface area (Å²) in [5.41, 5.74) is 0. The maximum Gasteiger partial charge on any atom is 0.328 e. The molecule has 1 aromatic heterocycles. The lowest BCUT2D eigenvalue weighted by Crippen LogP contribution is -2.07. The number of thioether (sulfide) groups is 1. The molecule has 0 amide bonds. The van der Waals surface area contributed by atoms with Gasteiger partial charge in [0, 0.05) is 6.08 Å². The molecule has 1 N–H and O–H groups in total. The van der Waals surface area contributed by atoms with Crippen LogP contribution in [-0.4, -0.2) is 31.3 Å². The Morgan fingerprint density at radius 1 is 1.50 bits per heavy atom. The molecule has 0 aromatic carbocycles. The van der Waals surface area contributed by atoms with Crippen molar-refractivity contribution in [2.75, 3.05) is 0 Å². The molecule has 7 heteroatoms. The summed E-state index contributed by atoms with van der Waals surface area (Å²) in [6.45, 7) is 0. The van der Waals surface area contributed by atoms with Gasteiger partial charge in [0.2, 0.25) is 5.16 Å². The van der Waals surface area contributed by atoms with Gasteiger partial charge in [0.15, 0.2) is 0 Å². The number of carboxylic acid groups (broad SMARTS) is 1. The second-order valence-electron chi connectivity index (χ2n) is 3.60. The highest BCUT2D eigenvalue weighted by atomic mass is 32.2. The van der Waals surface area contributed by atoms with E-state index < -0.39 is 5.97 Å². The van der Waals surface area contributed by atoms with Crippen LogP contribution in [0.3, 0.4) is 0 Å². The standard InChI is InChI=1S/C9H12N4O2S/c14-8(15)5-6-16-9-10-11-12-13(9)7-3-1-2-4-7/h5-7H,1-4H2,(H,14,15). The lowest BCUT2D eigenvalue weighted by molar-refractivity contribution is -0.131. The van der Waals surface area contributed by atoms with Crippen molar-refractivity contribution in [2.24, 2.45) is 0 Å². The monoisotopic (exact) mass is 240 g/mol. The van der Waals surface area contributed by atoms with E-state index in [0.717, 1.165) is 18.9 Å². The average molecular weight is 240 g/mol. The first-order valence-corrected chi connectivity index (χ1v) is 5.99. The Kier molecular flexibility index (Phi) is 3.55. The molecule has 1 aliphatic carbocycles. The molecule has 6 nitrogen and oxygen atoms in total. The van der Waals surface area contributed by atoms with Gasteiger partial charge in [-0.05, 0) is 28.7 Å². The van der Waals surface area contributed by atoms with Crippen molar-refractivity contribution < 1.29 is 9.90 Å². The minimum Gasteiger partial charge on any atom is -0.478 e. The number of carbonyl (C=O) groups is 1. The van der Waals surface area contributed by atoms with Crippen molar-refractivity contribution in [3.63, 3.8) is 0 Å². The summed E-state index contributed by atoms with van der Waals surface area (Å²) in [5.74, 6) is -0.965. The van der Waals surface area contributed by atoms with E-state index in [4.69, 9.17) is 5.11 Å². The Bertz CT molecular complexity index is 398. The molecule has 1 saturated carbocycles. The number of aromatic nitrogens is 4. The summed E-state index contributed by atoms with van der Waals surface area (Å²) in [7, 11) is 0. The van der Waals surface area contributed by atoms with Gasteiger partial charge < -0.3 is 5.11 Å². The van der Waals surface area contributed by atoms with Crippen molar-refractivity contribution in [1.82, 2.24) is 20.2 Å². The normalized spacial score (nSPS) is 17.2. The Morgan fingerprint density at radius 2 is 2.25 bits per heavy atom. The van der Waals surface area contributed by atoms with Gasteiger partial charge in [0.05, 0.1) is 6.04 Å². The van der Waals surface area contributed by atoms with Crippen LogP contribution in [0.25, 0.3) is 0 Å². The van der Waals surface area contributed by atoms with E-state index in [0.29, 0.717) is 11.2 Å². The Labute approximate surface area is 96.7 Å². The molecule has 16 heavy (non-hydrogen) atoms. The van der Waals surface area contributed by atoms with E-state index in [9.17, 15) is 4.79 Å². The Hall–Kier alpha value is -1.37. The van der Waals surface area contributed by atoms with Crippen LogP contribution < -0.4 is 0 Å². The number of hydrogen-bond donors (Lipinski definition) is 1. The predicted molar refractivity (Wildman–Crippen MR) is 58.0 cm³/mol. The molecule has 0 saturated heterocycles. The second kappa shape index (κ2) is 5.11. The molecule has 0 atom stereocenters. The molecule has 1 heterocycles. The predicted octanol–water partition coefficient (Wildman–Crippen LogP) is 1.48. The number of tetrazole rings is 1. The molecule has 1 aromatic rings. The van der Waals surface area contributed by atoms with Gasteiger partial charge in [-0.25, -0.2) is 9.48 Å². The number of aliphatic carboxylic acids is 1. The quantitative estimate of drug-likeness (QED) is 0.634. The number of nitrogens with zero attached hydrogens (tertiary/aromatic N) is 4. The zero-order valence-electron chi connectivity index (χ0n) is 8.61. The molecular weight excluding hydrogens is 228 g/mol. The van der Waals surface area contributed by atoms with Crippen molar-refractivity contribution >= 4 is 17.7 Å². The van der Waals surface area contributed by atoms with Crippen LogP contribution in [-0.2, 0) is 4.79 Å². The molecule has 0 unspecified atom stereocenters. The first-order valence-electron chi connectivity index (χ1n) is 5.11. The third kappa shape index (κ3) is 2.60. The van der Waals surface area contributed by atoms with E-state index in [1.165, 1.54) is 30.0 Å². The van der Waals surface area contributed by atoms with Crippen molar-refractivity contribution in [2.45, 2.75) is 36.9 Å². The lowest BCUT2D eigenvalue weighted by atomic mass is 10.3. The third-order valence-corrected chi connectivity index (χ3v) is 3.27. The van der Waals surface area contributed by atoms with Gasteiger partial charge >= 0.3 is 5.97 Å². The average Bonchev–Trinajstić information content (AvgIpc) is 2.84. The zero-order chi connectivity index (χ0) is 11.4. The summed E-state index contributed by atoms with van der Waals surface area (Å²) < 4.78 is 1.80. The van der Waals surface area contributed by atoms with Crippen LogP contribution in [0.5, 0.6) is 0 Å². The molecular formula is C9H12N4O2S. The van der Waals surface area contributed by atoms with Gasteiger partial charge in [-0.2, -0.15) is 0 Å². The lowest BCUT2D eigenvalue weighted by Gasteiger charge is -2.09. The number of hydrogen-bond acceptors (Lipinski definition) is 5. The molecule has 0 radical (unpaired) electrons. The molecule has 1 aliphatic rings. The first kappa shape index (κ1) is 11.1. The summed E-state index contributed by atoms with van der Waals surface area (Å²) in [5, 5.41) is 22.1. The SMILES string of the molecule is O=C(O)C=CSc1nnnn1C1CCCC1. The third-order valence-electron chi connectivity index (χ3n) is 2.52. The van der Waals surface area contributed by atoms with Crippen LogP contribution >= 0.6 is 11.8 Å². The second-order valence-corrected chi connectivity index (χ2v) is 4.48. The van der Waals surface area contributed by atoms with E-state index in [1.807, 2.05) is 0 Å². The fraction of sp³-hybridized carbons (Fsp3) is 0.556. The van der Waals surface area contributed by atoms with Gasteiger partial charge in [0.1, 0.15) is 0 Å². The fourth-order valence-electron chi connectivity index (χ4n) is 1.79. The number of rotatable bonds is 4. The van der Waals surface area contributed by atoms with Gasteiger partial charge in [-0.15, -0.1) is 5.10 Å². The topological polar surface area (TPSA) is 80.9 Å². The van der Waals surface area contributed by atoms with E-state index in [-0.39, 0.29) is 0 Å². The molecule has 0 spiro atoms. The minimum atomic E-state index is -0.965. The zero-order valence-corrected chi connectivity index (χ0v) is 9.43. The summed E-state index contributed by atoms with van der Waals surface area (Å²) in [6, 6.07) is 0.371. The fourth-order valence-corrected chi connectivity index (χ4v) is 2.48. The van der Waals surface area contributed by atoms with Crippen molar-refractivity contribution in [1.29, 1.82) is 0 Å². The van der Waals surface area contributed by atoms with Gasteiger partial charge in [-0.1, -0.05) is 24.6 Å². The summed E-state index contributed by atoms with van der Waals surface area (Å²) in [6.07, 6.45) is 5.69. The van der Waals surface area contributed by atoms with Crippen LogP contribution in [0.1, 0.15) is 31.7 Å². The van der Waals surface area contributed by atoms with Crippen molar-refractivity contribution in [3.8, 4) is 0 Å². The molecule has 0 bridgehead atoms. The van der Waals surface area contributed by atoms with Crippen LogP contribution in [0.4, 0.5) is 0 Å². The van der Waals surface area contributed by atoms with Crippen molar-refractivity contribution in [3.05, 3.63) is 11.5 Å². The summed E-state index contributed by atoms with van der Waals surface area (Å²) >= 11 is 1.23. The largest absolute Gasteiger partial charge is 0.478 e. The maximum absolute atomic E-state index is 10.3. The maximum atomic E-state index is 10.3. The highest BCUT2D eigenvalue weighted by Crippen LogP contribution is 2.31. The Balaban J connectivity index is 2.03. The molecule has 1 fully saturated rings. The van der Waals surface area contributed by atoms with E-state index >= 15 is 0 Å². The van der Waals surface area contributed by atoms with Gasteiger partial charge in [0.25, 0.3) is 0 Å². The summed E-state index contributed by atoms with van der Waals surface area (Å²) in [4.78, 5) is 10.3. The van der Waals surface area contributed by atoms with Crippen LogP contribution in [0, 0.1) is 0 Å². The van der Waals surface area contributed by atoms with Crippen LogP contribution in [0.15, 0.2) is 16.6 Å². The Morgan fingerprint density at radius 3 is 2.94 bits per heavy atom. The van der Waals surface area contributed by atoms with Gasteiger partial charge in [-0.3, -0.25) is 0 Å². The highest BCUT2D eigenvalue weighted by Gasteiger charge is 2.21.